The van der Waals surface area contributed by atoms with E-state index in [9.17, 15) is 9.18 Å². The Morgan fingerprint density at radius 1 is 1.44 bits per heavy atom. The van der Waals surface area contributed by atoms with Crippen LogP contribution in [0.2, 0.25) is 0 Å². The maximum atomic E-state index is 13.7. The van der Waals surface area contributed by atoms with Gasteiger partial charge in [0.2, 0.25) is 0 Å². The number of anilines is 1. The van der Waals surface area contributed by atoms with Crippen LogP contribution >= 0.6 is 11.8 Å². The third kappa shape index (κ3) is 2.96. The van der Waals surface area contributed by atoms with Crippen LogP contribution in [0.4, 0.5) is 10.1 Å². The summed E-state index contributed by atoms with van der Waals surface area (Å²) in [7, 11) is 0. The molecule has 0 aliphatic heterocycles. The van der Waals surface area contributed by atoms with Gasteiger partial charge in [-0.2, -0.15) is 0 Å². The Morgan fingerprint density at radius 2 is 2.11 bits per heavy atom. The number of carbonyl (C=O) groups is 1. The standard InChI is InChI=1S/C13H16FNO2S/c14-10-6-11(15)9(13(16)17)5-12(10)18-7-8-3-1-2-4-8/h5-6,8H,1-4,7,15H2,(H,16,17). The van der Waals surface area contributed by atoms with Crippen molar-refractivity contribution in [3.63, 3.8) is 0 Å². The molecule has 0 heterocycles. The largest absolute Gasteiger partial charge is 0.478 e. The van der Waals surface area contributed by atoms with E-state index in [1.54, 1.807) is 0 Å². The van der Waals surface area contributed by atoms with E-state index in [-0.39, 0.29) is 11.3 Å². The zero-order valence-electron chi connectivity index (χ0n) is 9.99. The highest BCUT2D eigenvalue weighted by molar-refractivity contribution is 7.99. The minimum atomic E-state index is -1.12. The molecule has 1 aromatic rings. The molecular weight excluding hydrogens is 253 g/mol. The molecule has 5 heteroatoms. The Balaban J connectivity index is 2.11. The van der Waals surface area contributed by atoms with Crippen LogP contribution in [0.3, 0.4) is 0 Å². The van der Waals surface area contributed by atoms with Crippen molar-refractivity contribution in [1.29, 1.82) is 0 Å². The van der Waals surface area contributed by atoms with Gasteiger partial charge in [0.25, 0.3) is 0 Å². The predicted octanol–water partition coefficient (Wildman–Crippen LogP) is 3.39. The number of carboxylic acid groups (broad SMARTS) is 1. The second-order valence-corrected chi connectivity index (χ2v) is 5.70. The van der Waals surface area contributed by atoms with Crippen LogP contribution in [0, 0.1) is 11.7 Å². The highest BCUT2D eigenvalue weighted by Gasteiger charge is 2.18. The second-order valence-electron chi connectivity index (χ2n) is 4.64. The Labute approximate surface area is 110 Å². The smallest absolute Gasteiger partial charge is 0.337 e. The highest BCUT2D eigenvalue weighted by Crippen LogP contribution is 2.33. The van der Waals surface area contributed by atoms with Crippen LogP contribution in [-0.2, 0) is 0 Å². The lowest BCUT2D eigenvalue weighted by molar-refractivity contribution is 0.0697. The summed E-state index contributed by atoms with van der Waals surface area (Å²) < 4.78 is 13.7. The SMILES string of the molecule is Nc1cc(F)c(SCC2CCCC2)cc1C(=O)O. The molecule has 18 heavy (non-hydrogen) atoms. The number of aromatic carboxylic acids is 1. The van der Waals surface area contributed by atoms with Gasteiger partial charge < -0.3 is 10.8 Å². The quantitative estimate of drug-likeness (QED) is 0.649. The summed E-state index contributed by atoms with van der Waals surface area (Å²) in [5.74, 6) is -0.0733. The molecule has 1 fully saturated rings. The number of halogens is 1. The van der Waals surface area contributed by atoms with Crippen molar-refractivity contribution < 1.29 is 14.3 Å². The molecule has 1 saturated carbocycles. The minimum absolute atomic E-state index is 0.0229. The lowest BCUT2D eigenvalue weighted by atomic mass is 10.1. The van der Waals surface area contributed by atoms with Gasteiger partial charge in [-0.05, 0) is 30.9 Å². The number of nitrogen functional groups attached to an aromatic ring is 1. The normalized spacial score (nSPS) is 16.1. The van der Waals surface area contributed by atoms with Crippen LogP contribution in [0.15, 0.2) is 17.0 Å². The molecule has 0 amide bonds. The number of rotatable bonds is 4. The molecule has 0 spiro atoms. The molecule has 0 saturated heterocycles. The van der Waals surface area contributed by atoms with E-state index in [4.69, 9.17) is 10.8 Å². The Morgan fingerprint density at radius 3 is 2.72 bits per heavy atom. The molecule has 1 aliphatic carbocycles. The maximum absolute atomic E-state index is 13.7. The van der Waals surface area contributed by atoms with E-state index in [2.05, 4.69) is 0 Å². The fourth-order valence-electron chi connectivity index (χ4n) is 2.25. The lowest BCUT2D eigenvalue weighted by Gasteiger charge is -2.10. The second kappa shape index (κ2) is 5.61. The van der Waals surface area contributed by atoms with Crippen molar-refractivity contribution in [3.8, 4) is 0 Å². The zero-order chi connectivity index (χ0) is 13.1. The molecule has 3 nitrogen and oxygen atoms in total. The average Bonchev–Trinajstić information content (AvgIpc) is 2.80. The van der Waals surface area contributed by atoms with E-state index < -0.39 is 11.8 Å². The fourth-order valence-corrected chi connectivity index (χ4v) is 3.40. The van der Waals surface area contributed by atoms with Crippen molar-refractivity contribution in [2.24, 2.45) is 5.92 Å². The van der Waals surface area contributed by atoms with E-state index in [1.807, 2.05) is 0 Å². The summed E-state index contributed by atoms with van der Waals surface area (Å²) in [6.07, 6.45) is 4.87. The van der Waals surface area contributed by atoms with Gasteiger partial charge in [-0.3, -0.25) is 0 Å². The fraction of sp³-hybridized carbons (Fsp3) is 0.462. The van der Waals surface area contributed by atoms with Crippen molar-refractivity contribution in [2.45, 2.75) is 30.6 Å². The van der Waals surface area contributed by atoms with Crippen molar-refractivity contribution in [1.82, 2.24) is 0 Å². The number of carboxylic acids is 1. The third-order valence-corrected chi connectivity index (χ3v) is 4.55. The minimum Gasteiger partial charge on any atom is -0.478 e. The molecule has 98 valence electrons. The number of thioether (sulfide) groups is 1. The summed E-state index contributed by atoms with van der Waals surface area (Å²) in [5.41, 5.74) is 5.43. The van der Waals surface area contributed by atoms with E-state index in [0.717, 1.165) is 11.8 Å². The molecular formula is C13H16FNO2S. The Bertz CT molecular complexity index is 459. The van der Waals surface area contributed by atoms with Gasteiger partial charge in [-0.25, -0.2) is 9.18 Å². The molecule has 0 unspecified atom stereocenters. The maximum Gasteiger partial charge on any atom is 0.337 e. The van der Waals surface area contributed by atoms with Gasteiger partial charge in [0.1, 0.15) is 5.82 Å². The first-order valence-corrected chi connectivity index (χ1v) is 7.01. The molecule has 0 radical (unpaired) electrons. The van der Waals surface area contributed by atoms with Crippen LogP contribution in [-0.4, -0.2) is 16.8 Å². The predicted molar refractivity (Wildman–Crippen MR) is 70.5 cm³/mol. The van der Waals surface area contributed by atoms with Crippen LogP contribution in [0.5, 0.6) is 0 Å². The molecule has 2 rings (SSSR count). The van der Waals surface area contributed by atoms with Gasteiger partial charge in [0, 0.05) is 16.3 Å². The topological polar surface area (TPSA) is 63.3 Å². The lowest BCUT2D eigenvalue weighted by Crippen LogP contribution is -2.04. The van der Waals surface area contributed by atoms with Gasteiger partial charge in [-0.15, -0.1) is 11.8 Å². The number of hydrogen-bond donors (Lipinski definition) is 2. The molecule has 0 bridgehead atoms. The van der Waals surface area contributed by atoms with Crippen molar-refractivity contribution in [3.05, 3.63) is 23.5 Å². The van der Waals surface area contributed by atoms with Crippen LogP contribution in [0.1, 0.15) is 36.0 Å². The van der Waals surface area contributed by atoms with Crippen LogP contribution in [0.25, 0.3) is 0 Å². The average molecular weight is 269 g/mol. The number of nitrogens with two attached hydrogens (primary N) is 1. The van der Waals surface area contributed by atoms with Gasteiger partial charge in [0.15, 0.2) is 0 Å². The molecule has 1 aliphatic rings. The monoisotopic (exact) mass is 269 g/mol. The molecule has 0 aromatic heterocycles. The summed E-state index contributed by atoms with van der Waals surface area (Å²) in [6, 6.07) is 2.44. The number of benzene rings is 1. The van der Waals surface area contributed by atoms with E-state index in [1.165, 1.54) is 43.5 Å². The Kier molecular flexibility index (Phi) is 4.11. The first-order valence-electron chi connectivity index (χ1n) is 6.03. The first-order chi connectivity index (χ1) is 8.58. The zero-order valence-corrected chi connectivity index (χ0v) is 10.8. The summed E-state index contributed by atoms with van der Waals surface area (Å²) in [5, 5.41) is 8.95. The Hall–Kier alpha value is -1.23. The van der Waals surface area contributed by atoms with Crippen molar-refractivity contribution in [2.75, 3.05) is 11.5 Å². The summed E-state index contributed by atoms with van der Waals surface area (Å²) in [4.78, 5) is 11.3. The van der Waals surface area contributed by atoms with Crippen molar-refractivity contribution >= 4 is 23.4 Å². The van der Waals surface area contributed by atoms with E-state index in [0.29, 0.717) is 10.8 Å². The molecule has 1 aromatic carbocycles. The number of hydrogen-bond acceptors (Lipinski definition) is 3. The highest BCUT2D eigenvalue weighted by atomic mass is 32.2. The van der Waals surface area contributed by atoms with Gasteiger partial charge in [-0.1, -0.05) is 12.8 Å². The summed E-state index contributed by atoms with van der Waals surface area (Å²) >= 11 is 1.39. The molecule has 0 atom stereocenters. The van der Waals surface area contributed by atoms with E-state index >= 15 is 0 Å². The van der Waals surface area contributed by atoms with Crippen LogP contribution < -0.4 is 5.73 Å². The summed E-state index contributed by atoms with van der Waals surface area (Å²) in [6.45, 7) is 0. The first kappa shape index (κ1) is 13.2. The third-order valence-electron chi connectivity index (χ3n) is 3.28. The molecule has 3 N–H and O–H groups in total. The van der Waals surface area contributed by atoms with Gasteiger partial charge in [0.05, 0.1) is 5.56 Å². The van der Waals surface area contributed by atoms with Gasteiger partial charge >= 0.3 is 5.97 Å².